The lowest BCUT2D eigenvalue weighted by Crippen LogP contribution is -2.41. The molecule has 1 N–H and O–H groups in total. The maximum atomic E-state index is 12.8. The molecule has 2 aromatic heterocycles. The highest BCUT2D eigenvalue weighted by Gasteiger charge is 2.31. The van der Waals surface area contributed by atoms with E-state index in [2.05, 4.69) is 15.3 Å². The monoisotopic (exact) mass is 371 g/mol. The molecule has 0 radical (unpaired) electrons. The van der Waals surface area contributed by atoms with Crippen molar-refractivity contribution < 1.29 is 9.53 Å². The number of aromatic nitrogens is 2. The van der Waals surface area contributed by atoms with Crippen LogP contribution < -0.4 is 10.1 Å². The van der Waals surface area contributed by atoms with Gasteiger partial charge in [-0.05, 0) is 64.4 Å². The molecule has 2 aromatic rings. The van der Waals surface area contributed by atoms with Crippen LogP contribution in [0.15, 0.2) is 18.3 Å². The number of rotatable bonds is 7. The second-order valence-corrected chi connectivity index (χ2v) is 9.21. The molecule has 0 saturated heterocycles. The van der Waals surface area contributed by atoms with Crippen molar-refractivity contribution in [3.8, 4) is 5.88 Å². The smallest absolute Gasteiger partial charge is 0.270 e. The van der Waals surface area contributed by atoms with Crippen LogP contribution in [-0.4, -0.2) is 22.5 Å². The van der Waals surface area contributed by atoms with E-state index in [1.54, 1.807) is 11.3 Å². The molecular weight excluding hydrogens is 346 g/mol. The lowest BCUT2D eigenvalue weighted by Gasteiger charge is -2.23. The summed E-state index contributed by atoms with van der Waals surface area (Å²) in [4.78, 5) is 22.9. The van der Waals surface area contributed by atoms with Gasteiger partial charge < -0.3 is 10.1 Å². The van der Waals surface area contributed by atoms with E-state index < -0.39 is 5.54 Å². The fraction of sp³-hybridized carbons (Fsp3) is 0.550. The summed E-state index contributed by atoms with van der Waals surface area (Å²) in [5.41, 5.74) is 1.01. The van der Waals surface area contributed by atoms with Crippen LogP contribution in [0.5, 0.6) is 5.88 Å². The fourth-order valence-corrected chi connectivity index (χ4v) is 3.75. The molecule has 0 aromatic carbocycles. The molecule has 5 nitrogen and oxygen atoms in total. The van der Waals surface area contributed by atoms with Crippen molar-refractivity contribution in [2.75, 3.05) is 6.61 Å². The van der Waals surface area contributed by atoms with Gasteiger partial charge in [-0.2, -0.15) is 0 Å². The van der Waals surface area contributed by atoms with Gasteiger partial charge in [0.1, 0.15) is 10.7 Å². The Morgan fingerprint density at radius 3 is 2.69 bits per heavy atom. The largest absolute Gasteiger partial charge is 0.477 e. The van der Waals surface area contributed by atoms with Gasteiger partial charge in [-0.1, -0.05) is 6.07 Å². The molecule has 0 bridgehead atoms. The number of nitrogens with zero attached hydrogens (tertiary/aromatic N) is 2. The Morgan fingerprint density at radius 1 is 1.31 bits per heavy atom. The summed E-state index contributed by atoms with van der Waals surface area (Å²) in [6, 6.07) is 3.83. The number of nitrogens with one attached hydrogen (secondary N) is 1. The van der Waals surface area contributed by atoms with E-state index in [1.807, 2.05) is 39.1 Å². The quantitative estimate of drug-likeness (QED) is 0.793. The molecule has 4 rings (SSSR count). The van der Waals surface area contributed by atoms with E-state index in [9.17, 15) is 4.79 Å². The van der Waals surface area contributed by atoms with Crippen molar-refractivity contribution in [2.45, 2.75) is 57.9 Å². The molecule has 2 aliphatic carbocycles. The van der Waals surface area contributed by atoms with Crippen molar-refractivity contribution in [1.29, 1.82) is 0 Å². The maximum absolute atomic E-state index is 12.8. The highest BCUT2D eigenvalue weighted by molar-refractivity contribution is 7.11. The van der Waals surface area contributed by atoms with Gasteiger partial charge >= 0.3 is 0 Å². The van der Waals surface area contributed by atoms with Crippen LogP contribution >= 0.6 is 11.3 Å². The summed E-state index contributed by atoms with van der Waals surface area (Å²) < 4.78 is 5.97. The molecule has 2 fully saturated rings. The van der Waals surface area contributed by atoms with E-state index in [0.29, 0.717) is 30.0 Å². The number of pyridine rings is 1. The minimum atomic E-state index is -0.540. The first kappa shape index (κ1) is 17.5. The molecule has 0 atom stereocenters. The third kappa shape index (κ3) is 3.90. The van der Waals surface area contributed by atoms with Crippen LogP contribution in [0, 0.1) is 12.8 Å². The zero-order valence-corrected chi connectivity index (χ0v) is 16.4. The molecule has 1 amide bonds. The van der Waals surface area contributed by atoms with E-state index in [0.717, 1.165) is 15.4 Å². The third-order valence-electron chi connectivity index (χ3n) is 4.87. The predicted molar refractivity (Wildman–Crippen MR) is 102 cm³/mol. The summed E-state index contributed by atoms with van der Waals surface area (Å²) >= 11 is 1.60. The standard InChI is InChI=1S/C20H25N3O2S/c1-12-10-21-19(26-12)20(2,3)23-17(24)16-9-8-15(14-6-7-14)18(22-16)25-11-13-4-5-13/h8-10,13-14H,4-7,11H2,1-3H3,(H,23,24). The number of hydrogen-bond donors (Lipinski definition) is 1. The van der Waals surface area contributed by atoms with Crippen LogP contribution in [-0.2, 0) is 5.54 Å². The van der Waals surface area contributed by atoms with Gasteiger partial charge in [-0.15, -0.1) is 11.3 Å². The lowest BCUT2D eigenvalue weighted by molar-refractivity contribution is 0.0905. The fourth-order valence-electron chi connectivity index (χ4n) is 2.92. The maximum Gasteiger partial charge on any atom is 0.270 e. The van der Waals surface area contributed by atoms with Gasteiger partial charge in [0.05, 0.1) is 12.1 Å². The average Bonchev–Trinajstić information content (AvgIpc) is 3.51. The van der Waals surface area contributed by atoms with Crippen LogP contribution in [0.1, 0.15) is 71.4 Å². The first-order chi connectivity index (χ1) is 12.4. The number of amides is 1. The second-order valence-electron chi connectivity index (χ2n) is 7.97. The van der Waals surface area contributed by atoms with Crippen LogP contribution in [0.4, 0.5) is 0 Å². The van der Waals surface area contributed by atoms with Crippen molar-refractivity contribution in [3.05, 3.63) is 39.5 Å². The Bertz CT molecular complexity index is 822. The van der Waals surface area contributed by atoms with Crippen LogP contribution in [0.2, 0.25) is 0 Å². The SMILES string of the molecule is Cc1cnc(C(C)(C)NC(=O)c2ccc(C3CC3)c(OCC3CC3)n2)s1. The summed E-state index contributed by atoms with van der Waals surface area (Å²) in [5, 5.41) is 3.95. The van der Waals surface area contributed by atoms with Crippen molar-refractivity contribution in [3.63, 3.8) is 0 Å². The van der Waals surface area contributed by atoms with Gasteiger partial charge in [-0.3, -0.25) is 4.79 Å². The third-order valence-corrected chi connectivity index (χ3v) is 6.11. The topological polar surface area (TPSA) is 64.1 Å². The number of aryl methyl sites for hydroxylation is 1. The van der Waals surface area contributed by atoms with Crippen molar-refractivity contribution >= 4 is 17.2 Å². The first-order valence-electron chi connectivity index (χ1n) is 9.31. The van der Waals surface area contributed by atoms with Gasteiger partial charge in [0, 0.05) is 16.6 Å². The van der Waals surface area contributed by atoms with Gasteiger partial charge in [-0.25, -0.2) is 9.97 Å². The molecule has 6 heteroatoms. The molecule has 138 valence electrons. The van der Waals surface area contributed by atoms with Crippen molar-refractivity contribution in [2.24, 2.45) is 5.92 Å². The number of carbonyl (C=O) groups excluding carboxylic acids is 1. The number of carbonyl (C=O) groups is 1. The first-order valence-corrected chi connectivity index (χ1v) is 10.1. The van der Waals surface area contributed by atoms with Gasteiger partial charge in [0.2, 0.25) is 5.88 Å². The summed E-state index contributed by atoms with van der Waals surface area (Å²) in [6.45, 7) is 6.65. The molecule has 0 spiro atoms. The number of hydrogen-bond acceptors (Lipinski definition) is 5. The Balaban J connectivity index is 1.52. The normalized spacial score (nSPS) is 17.2. The summed E-state index contributed by atoms with van der Waals surface area (Å²) in [5.74, 6) is 1.66. The predicted octanol–water partition coefficient (Wildman–Crippen LogP) is 4.18. The molecular formula is C20H25N3O2S. The molecule has 2 heterocycles. The Morgan fingerprint density at radius 2 is 2.08 bits per heavy atom. The average molecular weight is 372 g/mol. The highest BCUT2D eigenvalue weighted by atomic mass is 32.1. The van der Waals surface area contributed by atoms with Gasteiger partial charge in [0.15, 0.2) is 0 Å². The van der Waals surface area contributed by atoms with E-state index in [1.165, 1.54) is 25.7 Å². The summed E-state index contributed by atoms with van der Waals surface area (Å²) in [6.07, 6.45) is 6.67. The van der Waals surface area contributed by atoms with Crippen LogP contribution in [0.25, 0.3) is 0 Å². The van der Waals surface area contributed by atoms with E-state index >= 15 is 0 Å². The molecule has 2 aliphatic rings. The highest BCUT2D eigenvalue weighted by Crippen LogP contribution is 2.44. The van der Waals surface area contributed by atoms with E-state index in [4.69, 9.17) is 4.74 Å². The van der Waals surface area contributed by atoms with Crippen molar-refractivity contribution in [1.82, 2.24) is 15.3 Å². The Kier molecular flexibility index (Phi) is 4.47. The zero-order valence-electron chi connectivity index (χ0n) is 15.5. The minimum absolute atomic E-state index is 0.193. The Hall–Kier alpha value is -1.95. The Labute approximate surface area is 158 Å². The molecule has 0 unspecified atom stereocenters. The zero-order chi connectivity index (χ0) is 18.3. The van der Waals surface area contributed by atoms with E-state index in [-0.39, 0.29) is 5.91 Å². The van der Waals surface area contributed by atoms with Crippen LogP contribution in [0.3, 0.4) is 0 Å². The number of thiazole rings is 1. The molecule has 0 aliphatic heterocycles. The molecule has 26 heavy (non-hydrogen) atoms. The second kappa shape index (κ2) is 6.65. The lowest BCUT2D eigenvalue weighted by atomic mass is 10.1. The minimum Gasteiger partial charge on any atom is -0.477 e. The summed E-state index contributed by atoms with van der Waals surface area (Å²) in [7, 11) is 0. The van der Waals surface area contributed by atoms with Gasteiger partial charge in [0.25, 0.3) is 5.91 Å². The number of ether oxygens (including phenoxy) is 1. The molecule has 2 saturated carbocycles.